The fourth-order valence-corrected chi connectivity index (χ4v) is 4.11. The maximum absolute atomic E-state index is 12.1. The van der Waals surface area contributed by atoms with Crippen LogP contribution < -0.4 is 0 Å². The highest BCUT2D eigenvalue weighted by Crippen LogP contribution is 2.36. The second kappa shape index (κ2) is 8.65. The highest BCUT2D eigenvalue weighted by Gasteiger charge is 2.09. The molecule has 4 aromatic carbocycles. The van der Waals surface area contributed by atoms with E-state index in [4.69, 9.17) is 4.74 Å². The Labute approximate surface area is 172 Å². The lowest BCUT2D eigenvalue weighted by atomic mass is 9.92. The predicted molar refractivity (Wildman–Crippen MR) is 123 cm³/mol. The molecule has 0 radical (unpaired) electrons. The first-order valence-electron chi connectivity index (χ1n) is 10.6. The summed E-state index contributed by atoms with van der Waals surface area (Å²) in [5.41, 5.74) is 1.05. The molecule has 148 valence electrons. The molecule has 0 atom stereocenters. The summed E-state index contributed by atoms with van der Waals surface area (Å²) in [7, 11) is 0. The van der Waals surface area contributed by atoms with Gasteiger partial charge >= 0.3 is 5.97 Å². The van der Waals surface area contributed by atoms with Crippen LogP contribution in [0.3, 0.4) is 0 Å². The van der Waals surface area contributed by atoms with E-state index in [-0.39, 0.29) is 5.97 Å². The van der Waals surface area contributed by atoms with Gasteiger partial charge in [0.15, 0.2) is 0 Å². The first-order chi connectivity index (χ1) is 14.1. The van der Waals surface area contributed by atoms with Gasteiger partial charge in [0.2, 0.25) is 0 Å². The molecule has 29 heavy (non-hydrogen) atoms. The Morgan fingerprint density at radius 1 is 0.862 bits per heavy atom. The summed E-state index contributed by atoms with van der Waals surface area (Å²) >= 11 is 0. The topological polar surface area (TPSA) is 26.3 Å². The number of carbonyl (C=O) groups excluding carboxylic acids is 1. The maximum Gasteiger partial charge on any atom is 0.330 e. The predicted octanol–water partition coefficient (Wildman–Crippen LogP) is 7.36. The summed E-state index contributed by atoms with van der Waals surface area (Å²) < 4.78 is 5.37. The Kier molecular flexibility index (Phi) is 5.80. The van der Waals surface area contributed by atoms with E-state index in [0.29, 0.717) is 6.61 Å². The van der Waals surface area contributed by atoms with Crippen molar-refractivity contribution in [3.63, 3.8) is 0 Å². The Morgan fingerprint density at radius 3 is 2.31 bits per heavy atom. The van der Waals surface area contributed by atoms with E-state index in [9.17, 15) is 4.79 Å². The molecular formula is C27H28O2. The highest BCUT2D eigenvalue weighted by molar-refractivity contribution is 6.24. The summed E-state index contributed by atoms with van der Waals surface area (Å²) in [6.07, 6.45) is 7.93. The number of unbranched alkanes of at least 4 members (excludes halogenated alkanes) is 2. The average molecular weight is 385 g/mol. The van der Waals surface area contributed by atoms with E-state index >= 15 is 0 Å². The van der Waals surface area contributed by atoms with E-state index in [0.717, 1.165) is 24.3 Å². The van der Waals surface area contributed by atoms with Gasteiger partial charge in [-0.1, -0.05) is 87.7 Å². The van der Waals surface area contributed by atoms with E-state index in [1.54, 1.807) is 6.08 Å². The fraction of sp³-hybridized carbons (Fsp3) is 0.296. The third-order valence-corrected chi connectivity index (χ3v) is 5.63. The molecule has 0 bridgehead atoms. The Balaban J connectivity index is 1.49. The SMILES string of the molecule is CC(C)CCCCCOC(=O)/C=C/c1ccc2ccc3cccc4ccc1c2c34. The van der Waals surface area contributed by atoms with Crippen molar-refractivity contribution >= 4 is 44.4 Å². The number of benzene rings is 4. The van der Waals surface area contributed by atoms with Crippen LogP contribution in [-0.4, -0.2) is 12.6 Å². The van der Waals surface area contributed by atoms with Gasteiger partial charge in [0.1, 0.15) is 0 Å². The maximum atomic E-state index is 12.1. The molecule has 0 aliphatic heterocycles. The Hall–Kier alpha value is -2.87. The minimum Gasteiger partial charge on any atom is -0.463 e. The normalized spacial score (nSPS) is 12.1. The number of rotatable bonds is 8. The van der Waals surface area contributed by atoms with Crippen molar-refractivity contribution in [2.75, 3.05) is 6.61 Å². The van der Waals surface area contributed by atoms with Crippen molar-refractivity contribution in [2.45, 2.75) is 39.5 Å². The number of hydrogen-bond acceptors (Lipinski definition) is 2. The quantitative estimate of drug-likeness (QED) is 0.137. The molecule has 2 nitrogen and oxygen atoms in total. The van der Waals surface area contributed by atoms with Crippen LogP contribution in [0, 0.1) is 5.92 Å². The molecule has 0 unspecified atom stereocenters. The molecule has 0 heterocycles. The van der Waals surface area contributed by atoms with Crippen molar-refractivity contribution in [2.24, 2.45) is 5.92 Å². The molecule has 0 spiro atoms. The fourth-order valence-electron chi connectivity index (χ4n) is 4.11. The lowest BCUT2D eigenvalue weighted by molar-refractivity contribution is -0.137. The highest BCUT2D eigenvalue weighted by atomic mass is 16.5. The van der Waals surface area contributed by atoms with Crippen LogP contribution in [-0.2, 0) is 9.53 Å². The van der Waals surface area contributed by atoms with Crippen molar-refractivity contribution in [1.82, 2.24) is 0 Å². The van der Waals surface area contributed by atoms with E-state index in [1.807, 2.05) is 6.08 Å². The summed E-state index contributed by atoms with van der Waals surface area (Å²) in [5.74, 6) is 0.477. The number of ether oxygens (including phenoxy) is 1. The van der Waals surface area contributed by atoms with Crippen LogP contribution in [0.4, 0.5) is 0 Å². The summed E-state index contributed by atoms with van der Waals surface area (Å²) in [5, 5.41) is 7.45. The summed E-state index contributed by atoms with van der Waals surface area (Å²) in [4.78, 5) is 12.1. The van der Waals surface area contributed by atoms with Crippen molar-refractivity contribution in [1.29, 1.82) is 0 Å². The second-order valence-corrected chi connectivity index (χ2v) is 8.25. The first kappa shape index (κ1) is 19.4. The number of carbonyl (C=O) groups is 1. The third-order valence-electron chi connectivity index (χ3n) is 5.63. The van der Waals surface area contributed by atoms with Crippen LogP contribution in [0.15, 0.2) is 60.7 Å². The van der Waals surface area contributed by atoms with E-state index in [2.05, 4.69) is 68.4 Å². The molecular weight excluding hydrogens is 356 g/mol. The van der Waals surface area contributed by atoms with Crippen LogP contribution in [0.5, 0.6) is 0 Å². The van der Waals surface area contributed by atoms with Gasteiger partial charge in [0.05, 0.1) is 6.61 Å². The van der Waals surface area contributed by atoms with Crippen molar-refractivity contribution in [3.05, 3.63) is 66.2 Å². The number of esters is 1. The van der Waals surface area contributed by atoms with Gasteiger partial charge in [-0.25, -0.2) is 4.79 Å². The zero-order chi connectivity index (χ0) is 20.2. The molecule has 0 aliphatic carbocycles. The molecule has 0 fully saturated rings. The average Bonchev–Trinajstić information content (AvgIpc) is 2.73. The molecule has 4 aromatic rings. The zero-order valence-corrected chi connectivity index (χ0v) is 17.3. The second-order valence-electron chi connectivity index (χ2n) is 8.25. The minimum absolute atomic E-state index is 0.264. The molecule has 2 heteroatoms. The van der Waals surface area contributed by atoms with Gasteiger partial charge in [0.25, 0.3) is 0 Å². The van der Waals surface area contributed by atoms with Gasteiger partial charge in [0, 0.05) is 6.08 Å². The van der Waals surface area contributed by atoms with Crippen LogP contribution in [0.1, 0.15) is 45.1 Å². The molecule has 0 aliphatic rings. The smallest absolute Gasteiger partial charge is 0.330 e. The lowest BCUT2D eigenvalue weighted by Gasteiger charge is -2.12. The third kappa shape index (κ3) is 4.27. The molecule has 0 N–H and O–H groups in total. The summed E-state index contributed by atoms with van der Waals surface area (Å²) in [6, 6.07) is 19.3. The lowest BCUT2D eigenvalue weighted by Crippen LogP contribution is -2.02. The van der Waals surface area contributed by atoms with Gasteiger partial charge < -0.3 is 4.74 Å². The van der Waals surface area contributed by atoms with E-state index in [1.165, 1.54) is 45.2 Å². The van der Waals surface area contributed by atoms with Gasteiger partial charge in [-0.3, -0.25) is 0 Å². The monoisotopic (exact) mass is 384 g/mol. The zero-order valence-electron chi connectivity index (χ0n) is 17.3. The Bertz CT molecular complexity index is 1140. The van der Waals surface area contributed by atoms with Gasteiger partial charge in [-0.15, -0.1) is 0 Å². The van der Waals surface area contributed by atoms with Crippen molar-refractivity contribution < 1.29 is 9.53 Å². The largest absolute Gasteiger partial charge is 0.463 e. The standard InChI is InChI=1S/C27H28O2/c1-19(2)7-4-3-5-18-29-25(28)17-15-20-10-11-23-13-12-21-8-6-9-22-14-16-24(20)27(23)26(21)22/h6,8-17,19H,3-5,7,18H2,1-2H3/b17-15+. The number of hydrogen-bond donors (Lipinski definition) is 0. The van der Waals surface area contributed by atoms with Gasteiger partial charge in [-0.05, 0) is 56.3 Å². The van der Waals surface area contributed by atoms with Crippen molar-refractivity contribution in [3.8, 4) is 0 Å². The molecule has 0 amide bonds. The van der Waals surface area contributed by atoms with Gasteiger partial charge in [-0.2, -0.15) is 0 Å². The molecule has 0 saturated carbocycles. The molecule has 4 rings (SSSR count). The molecule has 0 saturated heterocycles. The summed E-state index contributed by atoms with van der Waals surface area (Å²) in [6.45, 7) is 4.98. The Morgan fingerprint density at radius 2 is 1.55 bits per heavy atom. The first-order valence-corrected chi connectivity index (χ1v) is 10.6. The molecule has 0 aromatic heterocycles. The van der Waals surface area contributed by atoms with E-state index < -0.39 is 0 Å². The van der Waals surface area contributed by atoms with Crippen LogP contribution >= 0.6 is 0 Å². The van der Waals surface area contributed by atoms with Crippen LogP contribution in [0.25, 0.3) is 38.4 Å². The minimum atomic E-state index is -0.264. The van der Waals surface area contributed by atoms with Crippen LogP contribution in [0.2, 0.25) is 0 Å².